The second kappa shape index (κ2) is 3.01. The zero-order valence-electron chi connectivity index (χ0n) is 7.92. The van der Waals surface area contributed by atoms with Crippen molar-refractivity contribution in [3.05, 3.63) is 12.7 Å². The molecule has 3 heterocycles. The number of hydrogen-bond acceptors (Lipinski definition) is 5. The molecule has 15 heavy (non-hydrogen) atoms. The van der Waals surface area contributed by atoms with Gasteiger partial charge in [-0.1, -0.05) is 6.58 Å². The third-order valence-corrected chi connectivity index (χ3v) is 4.92. The molecule has 0 spiro atoms. The Labute approximate surface area is 91.0 Å². The van der Waals surface area contributed by atoms with Crippen molar-refractivity contribution < 1.29 is 19.1 Å². The summed E-state index contributed by atoms with van der Waals surface area (Å²) in [5, 5.41) is 0.422. The first-order valence-electron chi connectivity index (χ1n) is 4.89. The normalized spacial score (nSPS) is 45.3. The Morgan fingerprint density at radius 2 is 2.47 bits per heavy atom. The first kappa shape index (κ1) is 9.27. The first-order valence-corrected chi connectivity index (χ1v) is 5.84. The lowest BCUT2D eigenvalue weighted by Crippen LogP contribution is -2.39. The summed E-state index contributed by atoms with van der Waals surface area (Å²) in [6.45, 7) is 3.35. The van der Waals surface area contributed by atoms with Crippen molar-refractivity contribution in [2.75, 3.05) is 0 Å². The van der Waals surface area contributed by atoms with Gasteiger partial charge in [-0.25, -0.2) is 4.79 Å². The fraction of sp³-hybridized carbons (Fsp3) is 0.600. The Hall–Kier alpha value is -0.970. The number of hydrogen-bond donors (Lipinski definition) is 0. The number of ether oxygens (including phenoxy) is 2. The van der Waals surface area contributed by atoms with Crippen LogP contribution in [-0.4, -0.2) is 34.6 Å². The van der Waals surface area contributed by atoms with Gasteiger partial charge in [-0.05, 0) is 6.42 Å². The highest BCUT2D eigenvalue weighted by atomic mass is 32.2. The SMILES string of the molecule is C=CC(=O)OC1C2CC3C(=O)OC1C3S2. The summed E-state index contributed by atoms with van der Waals surface area (Å²) in [7, 11) is 0. The van der Waals surface area contributed by atoms with Crippen molar-refractivity contribution in [1.29, 1.82) is 0 Å². The van der Waals surface area contributed by atoms with Gasteiger partial charge in [0.2, 0.25) is 0 Å². The van der Waals surface area contributed by atoms with E-state index < -0.39 is 5.97 Å². The molecule has 3 fully saturated rings. The number of rotatable bonds is 2. The van der Waals surface area contributed by atoms with Crippen LogP contribution in [0.2, 0.25) is 0 Å². The molecule has 0 N–H and O–H groups in total. The maximum atomic E-state index is 11.4. The monoisotopic (exact) mass is 226 g/mol. The summed E-state index contributed by atoms with van der Waals surface area (Å²) in [4.78, 5) is 22.5. The minimum Gasteiger partial charge on any atom is -0.457 e. The fourth-order valence-corrected chi connectivity index (χ4v) is 4.43. The van der Waals surface area contributed by atoms with E-state index in [1.807, 2.05) is 0 Å². The van der Waals surface area contributed by atoms with Gasteiger partial charge in [-0.3, -0.25) is 4.79 Å². The molecular weight excluding hydrogens is 216 g/mol. The molecule has 5 unspecified atom stereocenters. The summed E-state index contributed by atoms with van der Waals surface area (Å²) in [5.74, 6) is -0.534. The van der Waals surface area contributed by atoms with E-state index in [2.05, 4.69) is 6.58 Å². The summed E-state index contributed by atoms with van der Waals surface area (Å²) in [5.41, 5.74) is 0. The second-order valence-electron chi connectivity index (χ2n) is 3.99. The second-order valence-corrected chi connectivity index (χ2v) is 5.41. The van der Waals surface area contributed by atoms with Gasteiger partial charge in [-0.2, -0.15) is 0 Å². The summed E-state index contributed by atoms with van der Waals surface area (Å²) >= 11 is 1.72. The highest BCUT2D eigenvalue weighted by molar-refractivity contribution is 8.01. The van der Waals surface area contributed by atoms with Crippen molar-refractivity contribution in [2.45, 2.75) is 29.1 Å². The van der Waals surface area contributed by atoms with Crippen LogP contribution in [0.15, 0.2) is 12.7 Å². The Bertz CT molecular complexity index is 353. The Kier molecular flexibility index (Phi) is 1.86. The average molecular weight is 226 g/mol. The topological polar surface area (TPSA) is 52.6 Å². The predicted molar refractivity (Wildman–Crippen MR) is 53.2 cm³/mol. The third kappa shape index (κ3) is 1.16. The van der Waals surface area contributed by atoms with Crippen LogP contribution in [0.4, 0.5) is 0 Å². The van der Waals surface area contributed by atoms with Crippen LogP contribution in [0.1, 0.15) is 6.42 Å². The van der Waals surface area contributed by atoms with Crippen LogP contribution in [0.3, 0.4) is 0 Å². The molecule has 0 aliphatic carbocycles. The molecule has 5 atom stereocenters. The van der Waals surface area contributed by atoms with Gasteiger partial charge in [-0.15, -0.1) is 11.8 Å². The van der Waals surface area contributed by atoms with Gasteiger partial charge in [0.05, 0.1) is 11.2 Å². The van der Waals surface area contributed by atoms with Gasteiger partial charge < -0.3 is 9.47 Å². The minimum atomic E-state index is -0.437. The molecule has 0 aromatic heterocycles. The lowest BCUT2D eigenvalue weighted by molar-refractivity contribution is -0.155. The maximum absolute atomic E-state index is 11.4. The lowest BCUT2D eigenvalue weighted by Gasteiger charge is -2.23. The minimum absolute atomic E-state index is 0.0312. The van der Waals surface area contributed by atoms with E-state index >= 15 is 0 Å². The van der Waals surface area contributed by atoms with E-state index in [-0.39, 0.29) is 34.6 Å². The van der Waals surface area contributed by atoms with Crippen LogP contribution < -0.4 is 0 Å². The molecule has 0 aromatic carbocycles. The molecule has 5 heteroatoms. The van der Waals surface area contributed by atoms with Crippen molar-refractivity contribution in [1.82, 2.24) is 0 Å². The number of fused-ring (bicyclic) bond motifs is 1. The van der Waals surface area contributed by atoms with Crippen molar-refractivity contribution in [3.63, 3.8) is 0 Å². The van der Waals surface area contributed by atoms with Crippen LogP contribution in [0.5, 0.6) is 0 Å². The Balaban J connectivity index is 1.80. The molecule has 3 saturated heterocycles. The predicted octanol–water partition coefficient (Wildman–Crippen LogP) is 0.513. The van der Waals surface area contributed by atoms with Crippen LogP contribution in [0.25, 0.3) is 0 Å². The molecule has 3 aliphatic heterocycles. The highest BCUT2D eigenvalue weighted by Crippen LogP contribution is 2.55. The summed E-state index contributed by atoms with van der Waals surface area (Å²) in [6, 6.07) is 0. The van der Waals surface area contributed by atoms with Crippen LogP contribution in [-0.2, 0) is 19.1 Å². The smallest absolute Gasteiger partial charge is 0.330 e. The van der Waals surface area contributed by atoms with Gasteiger partial charge in [0.15, 0.2) is 12.2 Å². The molecule has 0 radical (unpaired) electrons. The molecule has 80 valence electrons. The zero-order valence-corrected chi connectivity index (χ0v) is 8.74. The van der Waals surface area contributed by atoms with E-state index in [0.29, 0.717) is 0 Å². The van der Waals surface area contributed by atoms with Crippen molar-refractivity contribution in [3.8, 4) is 0 Å². The first-order chi connectivity index (χ1) is 7.20. The van der Waals surface area contributed by atoms with Crippen molar-refractivity contribution in [2.24, 2.45) is 5.92 Å². The van der Waals surface area contributed by atoms with E-state index in [1.165, 1.54) is 0 Å². The maximum Gasteiger partial charge on any atom is 0.330 e. The Morgan fingerprint density at radius 3 is 3.20 bits per heavy atom. The number of esters is 2. The fourth-order valence-electron chi connectivity index (χ4n) is 2.56. The van der Waals surface area contributed by atoms with Gasteiger partial charge >= 0.3 is 11.9 Å². The number of carbonyl (C=O) groups is 2. The molecular formula is C10H10O4S. The Morgan fingerprint density at radius 1 is 1.67 bits per heavy atom. The molecule has 3 rings (SSSR count). The largest absolute Gasteiger partial charge is 0.457 e. The third-order valence-electron chi connectivity index (χ3n) is 3.20. The standard InChI is InChI=1S/C10H10O4S/c1-2-6(11)13-7-5-3-4-9(15-5)8(7)14-10(4)12/h2,4-5,7-9H,1,3H2. The van der Waals surface area contributed by atoms with Gasteiger partial charge in [0, 0.05) is 11.3 Å². The molecule has 0 amide bonds. The average Bonchev–Trinajstić information content (AvgIpc) is 2.81. The lowest BCUT2D eigenvalue weighted by atomic mass is 9.88. The molecule has 4 nitrogen and oxygen atoms in total. The highest BCUT2D eigenvalue weighted by Gasteiger charge is 2.64. The molecule has 3 aliphatic rings. The zero-order chi connectivity index (χ0) is 10.6. The van der Waals surface area contributed by atoms with E-state index in [1.54, 1.807) is 11.8 Å². The number of thioether (sulfide) groups is 1. The quantitative estimate of drug-likeness (QED) is 0.507. The van der Waals surface area contributed by atoms with Crippen LogP contribution >= 0.6 is 11.8 Å². The van der Waals surface area contributed by atoms with Gasteiger partial charge in [0.25, 0.3) is 0 Å². The molecule has 0 aromatic rings. The number of carbonyl (C=O) groups excluding carboxylic acids is 2. The summed E-state index contributed by atoms with van der Waals surface area (Å²) in [6.07, 6.45) is 1.42. The van der Waals surface area contributed by atoms with Crippen molar-refractivity contribution >= 4 is 23.7 Å². The molecule has 2 bridgehead atoms. The van der Waals surface area contributed by atoms with Crippen LogP contribution in [0, 0.1) is 5.92 Å². The molecule has 0 saturated carbocycles. The van der Waals surface area contributed by atoms with E-state index in [4.69, 9.17) is 9.47 Å². The van der Waals surface area contributed by atoms with Gasteiger partial charge in [0.1, 0.15) is 0 Å². The summed E-state index contributed by atoms with van der Waals surface area (Å²) < 4.78 is 10.4. The van der Waals surface area contributed by atoms with E-state index in [9.17, 15) is 9.59 Å². The van der Waals surface area contributed by atoms with E-state index in [0.717, 1.165) is 12.5 Å².